The van der Waals surface area contributed by atoms with Crippen LogP contribution in [-0.4, -0.2) is 39.4 Å². The molecule has 0 aliphatic heterocycles. The number of nitrogens with zero attached hydrogens (tertiary/aromatic N) is 2. The summed E-state index contributed by atoms with van der Waals surface area (Å²) in [6, 6.07) is 21.8. The molecule has 4 rings (SSSR count). The minimum absolute atomic E-state index is 0.0145. The van der Waals surface area contributed by atoms with Crippen molar-refractivity contribution in [2.75, 3.05) is 19.8 Å². The molecule has 0 radical (unpaired) electrons. The molecule has 0 spiro atoms. The van der Waals surface area contributed by atoms with Gasteiger partial charge in [0.05, 0.1) is 35.2 Å². The first kappa shape index (κ1) is 31.1. The van der Waals surface area contributed by atoms with Gasteiger partial charge in [0.2, 0.25) is 0 Å². The lowest BCUT2D eigenvalue weighted by Gasteiger charge is -2.09. The molecule has 1 aromatic heterocycles. The van der Waals surface area contributed by atoms with E-state index in [1.807, 2.05) is 73.0 Å². The van der Waals surface area contributed by atoms with Gasteiger partial charge in [-0.25, -0.2) is 4.98 Å². The number of ether oxygens (including phenoxy) is 2. The SMILES string of the molecule is CCCCOCCOc1ccc(-c2ccc(C)c(/C=C/C(=O)Cc3ccc([S@@](=O)Cc4cncn4CC)cc3)c2)cc1. The number of aromatic nitrogens is 2. The van der Waals surface area contributed by atoms with Crippen molar-refractivity contribution in [2.24, 2.45) is 0 Å². The van der Waals surface area contributed by atoms with Gasteiger partial charge in [-0.2, -0.15) is 0 Å². The number of allylic oxidation sites excluding steroid dienone is 1. The Hall–Kier alpha value is -3.81. The molecule has 6 nitrogen and oxygen atoms in total. The van der Waals surface area contributed by atoms with Crippen molar-refractivity contribution in [1.82, 2.24) is 9.55 Å². The van der Waals surface area contributed by atoms with E-state index in [-0.39, 0.29) is 12.2 Å². The maximum Gasteiger partial charge on any atom is 0.160 e. The number of hydrogen-bond donors (Lipinski definition) is 0. The van der Waals surface area contributed by atoms with Gasteiger partial charge in [-0.1, -0.05) is 55.8 Å². The highest BCUT2D eigenvalue weighted by Gasteiger charge is 2.10. The van der Waals surface area contributed by atoms with Crippen molar-refractivity contribution >= 4 is 22.7 Å². The van der Waals surface area contributed by atoms with Gasteiger partial charge in [0.1, 0.15) is 12.4 Å². The lowest BCUT2D eigenvalue weighted by molar-refractivity contribution is -0.113. The first-order chi connectivity index (χ1) is 20.5. The molecule has 4 aromatic rings. The van der Waals surface area contributed by atoms with Crippen molar-refractivity contribution in [3.05, 3.63) is 108 Å². The molecule has 0 N–H and O–H groups in total. The molecule has 1 heterocycles. The standard InChI is InChI=1S/C35H40N2O4S/c1-4-6-19-40-20-21-41-34-15-12-29(13-16-34)31-10-7-27(3)30(23-31)11-14-33(38)22-28-8-17-35(18-9-28)42(39)25-32-24-36-26-37(32)5-2/h7-18,23-24,26H,4-6,19-22,25H2,1-3H3/b14-11+/t42-/m0/s1. The summed E-state index contributed by atoms with van der Waals surface area (Å²) in [6.45, 7) is 8.92. The van der Waals surface area contributed by atoms with Crippen LogP contribution in [0.5, 0.6) is 5.75 Å². The number of carbonyl (C=O) groups is 1. The molecule has 0 amide bonds. The summed E-state index contributed by atoms with van der Waals surface area (Å²) >= 11 is 0. The fraction of sp³-hybridized carbons (Fsp3) is 0.314. The maximum absolute atomic E-state index is 12.8. The molecular weight excluding hydrogens is 544 g/mol. The van der Waals surface area contributed by atoms with Gasteiger partial charge in [0.15, 0.2) is 5.78 Å². The summed E-state index contributed by atoms with van der Waals surface area (Å²) in [7, 11) is -1.17. The molecule has 0 unspecified atom stereocenters. The van der Waals surface area contributed by atoms with Crippen LogP contribution < -0.4 is 4.74 Å². The second-order valence-corrected chi connectivity index (χ2v) is 11.6. The molecule has 7 heteroatoms. The Labute approximate surface area is 251 Å². The van der Waals surface area contributed by atoms with E-state index >= 15 is 0 Å². The van der Waals surface area contributed by atoms with Crippen LogP contribution in [0.15, 0.2) is 90.2 Å². The number of aryl methyl sites for hydroxylation is 2. The van der Waals surface area contributed by atoms with Crippen LogP contribution in [-0.2, 0) is 39.0 Å². The van der Waals surface area contributed by atoms with Gasteiger partial charge in [-0.15, -0.1) is 0 Å². The third kappa shape index (κ3) is 9.10. The van der Waals surface area contributed by atoms with Crippen molar-refractivity contribution in [2.45, 2.75) is 57.2 Å². The summed E-state index contributed by atoms with van der Waals surface area (Å²) in [5.74, 6) is 1.25. The topological polar surface area (TPSA) is 70.4 Å². The second kappa shape index (κ2) is 16.0. The van der Waals surface area contributed by atoms with Crippen LogP contribution in [0.25, 0.3) is 17.2 Å². The van der Waals surface area contributed by atoms with Gasteiger partial charge < -0.3 is 14.0 Å². The molecule has 3 aromatic carbocycles. The Morgan fingerprint density at radius 3 is 2.45 bits per heavy atom. The zero-order valence-electron chi connectivity index (χ0n) is 24.8. The van der Waals surface area contributed by atoms with Crippen molar-refractivity contribution in [3.8, 4) is 16.9 Å². The van der Waals surface area contributed by atoms with Crippen molar-refractivity contribution < 1.29 is 18.5 Å². The van der Waals surface area contributed by atoms with E-state index in [4.69, 9.17) is 9.47 Å². The molecule has 1 atom stereocenters. The van der Waals surface area contributed by atoms with E-state index in [2.05, 4.69) is 30.1 Å². The highest BCUT2D eigenvalue weighted by atomic mass is 32.2. The number of hydrogen-bond acceptors (Lipinski definition) is 5. The van der Waals surface area contributed by atoms with E-state index in [1.54, 1.807) is 18.6 Å². The molecule has 42 heavy (non-hydrogen) atoms. The van der Waals surface area contributed by atoms with Crippen LogP contribution in [0.4, 0.5) is 0 Å². The van der Waals surface area contributed by atoms with E-state index in [0.717, 1.165) is 70.1 Å². The molecular formula is C35H40N2O4S. The van der Waals surface area contributed by atoms with Crippen LogP contribution in [0.1, 0.15) is 49.1 Å². The molecule has 0 fully saturated rings. The summed E-state index contributed by atoms with van der Waals surface area (Å²) in [5, 5.41) is 0. The van der Waals surface area contributed by atoms with Gasteiger partial charge in [0.25, 0.3) is 0 Å². The average molecular weight is 585 g/mol. The van der Waals surface area contributed by atoms with E-state index < -0.39 is 10.8 Å². The van der Waals surface area contributed by atoms with Gasteiger partial charge >= 0.3 is 0 Å². The Balaban J connectivity index is 1.31. The smallest absolute Gasteiger partial charge is 0.160 e. The zero-order chi connectivity index (χ0) is 29.7. The van der Waals surface area contributed by atoms with Crippen LogP contribution >= 0.6 is 0 Å². The van der Waals surface area contributed by atoms with Crippen molar-refractivity contribution in [3.63, 3.8) is 0 Å². The summed E-state index contributed by atoms with van der Waals surface area (Å²) in [6.07, 6.45) is 9.53. The van der Waals surface area contributed by atoms with Gasteiger partial charge in [0, 0.05) is 30.7 Å². The Morgan fingerprint density at radius 1 is 0.952 bits per heavy atom. The summed E-state index contributed by atoms with van der Waals surface area (Å²) < 4.78 is 26.2. The monoisotopic (exact) mass is 584 g/mol. The summed E-state index contributed by atoms with van der Waals surface area (Å²) in [4.78, 5) is 17.7. The number of carbonyl (C=O) groups excluding carboxylic acids is 1. The third-order valence-electron chi connectivity index (χ3n) is 7.04. The number of unbranched alkanes of at least 4 members (excludes halogenated alkanes) is 1. The number of benzene rings is 3. The van der Waals surface area contributed by atoms with Crippen LogP contribution in [0.2, 0.25) is 0 Å². The number of imidazole rings is 1. The predicted octanol–water partition coefficient (Wildman–Crippen LogP) is 7.21. The maximum atomic E-state index is 12.8. The van der Waals surface area contributed by atoms with E-state index in [9.17, 15) is 9.00 Å². The van der Waals surface area contributed by atoms with Crippen LogP contribution in [0.3, 0.4) is 0 Å². The highest BCUT2D eigenvalue weighted by molar-refractivity contribution is 7.84. The molecule has 220 valence electrons. The molecule has 0 aliphatic carbocycles. The molecule has 0 bridgehead atoms. The Morgan fingerprint density at radius 2 is 1.71 bits per heavy atom. The minimum atomic E-state index is -1.17. The van der Waals surface area contributed by atoms with Gasteiger partial charge in [-0.05, 0) is 84.5 Å². The second-order valence-electron chi connectivity index (χ2n) is 10.2. The summed E-state index contributed by atoms with van der Waals surface area (Å²) in [5.41, 5.74) is 6.10. The van der Waals surface area contributed by atoms with Crippen LogP contribution in [0, 0.1) is 6.92 Å². The average Bonchev–Trinajstić information content (AvgIpc) is 3.46. The van der Waals surface area contributed by atoms with E-state index in [1.165, 1.54) is 0 Å². The Bertz CT molecular complexity index is 1490. The molecule has 0 saturated heterocycles. The fourth-order valence-corrected chi connectivity index (χ4v) is 5.60. The zero-order valence-corrected chi connectivity index (χ0v) is 25.6. The highest BCUT2D eigenvalue weighted by Crippen LogP contribution is 2.25. The first-order valence-corrected chi connectivity index (χ1v) is 15.9. The van der Waals surface area contributed by atoms with E-state index in [0.29, 0.717) is 19.0 Å². The largest absolute Gasteiger partial charge is 0.491 e. The fourth-order valence-electron chi connectivity index (χ4n) is 4.48. The van der Waals surface area contributed by atoms with Crippen molar-refractivity contribution in [1.29, 1.82) is 0 Å². The Kier molecular flexibility index (Phi) is 11.9. The minimum Gasteiger partial charge on any atom is -0.491 e. The molecule has 0 aliphatic rings. The first-order valence-electron chi connectivity index (χ1n) is 14.6. The lowest BCUT2D eigenvalue weighted by atomic mass is 9.99. The van der Waals surface area contributed by atoms with Gasteiger partial charge in [-0.3, -0.25) is 9.00 Å². The third-order valence-corrected chi connectivity index (χ3v) is 8.39. The number of rotatable bonds is 16. The predicted molar refractivity (Wildman–Crippen MR) is 170 cm³/mol. The number of ketones is 1. The lowest BCUT2D eigenvalue weighted by Crippen LogP contribution is -2.07. The normalized spacial score (nSPS) is 12.1. The molecule has 0 saturated carbocycles. The quantitative estimate of drug-likeness (QED) is 0.103.